The van der Waals surface area contributed by atoms with E-state index in [1.807, 2.05) is 42.6 Å². The molecule has 2 aliphatic heterocycles. The fraction of sp³-hybridized carbons (Fsp3) is 0.238. The van der Waals surface area contributed by atoms with Gasteiger partial charge in [0.25, 0.3) is 5.91 Å². The molecule has 1 amide bonds. The first-order valence-corrected chi connectivity index (χ1v) is 9.75. The summed E-state index contributed by atoms with van der Waals surface area (Å²) in [6, 6.07) is 12.9. The van der Waals surface area contributed by atoms with Crippen molar-refractivity contribution in [1.29, 1.82) is 0 Å². The van der Waals surface area contributed by atoms with Crippen LogP contribution in [0.5, 0.6) is 0 Å². The summed E-state index contributed by atoms with van der Waals surface area (Å²) in [6.07, 6.45) is 1.81. The van der Waals surface area contributed by atoms with E-state index < -0.39 is 0 Å². The van der Waals surface area contributed by atoms with Crippen molar-refractivity contribution in [3.05, 3.63) is 75.5 Å². The summed E-state index contributed by atoms with van der Waals surface area (Å²) < 4.78 is 5.40. The third-order valence-electron chi connectivity index (χ3n) is 4.81. The van der Waals surface area contributed by atoms with Crippen LogP contribution in [0.2, 0.25) is 10.0 Å². The van der Waals surface area contributed by atoms with E-state index in [1.54, 1.807) is 18.0 Å². The number of ether oxygens (including phenoxy) is 1. The van der Waals surface area contributed by atoms with Crippen LogP contribution in [0.1, 0.15) is 11.1 Å². The van der Waals surface area contributed by atoms with Gasteiger partial charge in [-0.05, 0) is 24.3 Å². The van der Waals surface area contributed by atoms with Crippen molar-refractivity contribution in [2.45, 2.75) is 0 Å². The van der Waals surface area contributed by atoms with Gasteiger partial charge in [0.15, 0.2) is 0 Å². The molecule has 0 unspecified atom stereocenters. The molecule has 0 bridgehead atoms. The third kappa shape index (κ3) is 3.65. The fourth-order valence-electron chi connectivity index (χ4n) is 3.32. The minimum absolute atomic E-state index is 0.183. The average Bonchev–Trinajstić information content (AvgIpc) is 2.80. The van der Waals surface area contributed by atoms with Crippen molar-refractivity contribution < 1.29 is 9.53 Å². The molecule has 7 heteroatoms. The number of benzodiazepines with no additional fused rings is 1. The highest BCUT2D eigenvalue weighted by atomic mass is 35.5. The van der Waals surface area contributed by atoms with Crippen LogP contribution in [0, 0.1) is 0 Å². The Kier molecular flexibility index (Phi) is 5.40. The van der Waals surface area contributed by atoms with Crippen molar-refractivity contribution >= 4 is 40.5 Å². The van der Waals surface area contributed by atoms with Crippen molar-refractivity contribution in [2.75, 3.05) is 38.3 Å². The van der Waals surface area contributed by atoms with E-state index in [4.69, 9.17) is 32.9 Å². The summed E-state index contributed by atoms with van der Waals surface area (Å²) in [5, 5.41) is 1.13. The molecule has 2 aliphatic rings. The van der Waals surface area contributed by atoms with E-state index in [2.05, 4.69) is 4.90 Å². The van der Waals surface area contributed by atoms with Crippen LogP contribution >= 0.6 is 23.2 Å². The minimum atomic E-state index is -0.183. The minimum Gasteiger partial charge on any atom is -0.378 e. The zero-order valence-electron chi connectivity index (χ0n) is 15.4. The van der Waals surface area contributed by atoms with Gasteiger partial charge in [-0.15, -0.1) is 0 Å². The van der Waals surface area contributed by atoms with Gasteiger partial charge in [0.2, 0.25) is 0 Å². The number of morpholine rings is 1. The Morgan fingerprint density at radius 2 is 1.82 bits per heavy atom. The molecule has 0 aliphatic carbocycles. The Hall–Kier alpha value is -2.34. The van der Waals surface area contributed by atoms with E-state index >= 15 is 0 Å². The van der Waals surface area contributed by atoms with Gasteiger partial charge in [0, 0.05) is 47.5 Å². The van der Waals surface area contributed by atoms with Crippen LogP contribution in [0.4, 0.5) is 5.69 Å². The SMILES string of the molecule is CN1C(=O)C(=CN2CCOCC2)N=C(c2ccccc2Cl)c2cc(Cl)ccc21. The summed E-state index contributed by atoms with van der Waals surface area (Å²) >= 11 is 12.7. The predicted molar refractivity (Wildman–Crippen MR) is 112 cm³/mol. The largest absolute Gasteiger partial charge is 0.378 e. The molecule has 144 valence electrons. The highest BCUT2D eigenvalue weighted by molar-refractivity contribution is 6.37. The Labute approximate surface area is 173 Å². The number of fused-ring (bicyclic) bond motifs is 1. The molecule has 28 heavy (non-hydrogen) atoms. The van der Waals surface area contributed by atoms with Gasteiger partial charge in [0.05, 0.1) is 24.6 Å². The smallest absolute Gasteiger partial charge is 0.278 e. The Morgan fingerprint density at radius 3 is 2.57 bits per heavy atom. The molecule has 0 spiro atoms. The number of hydrogen-bond donors (Lipinski definition) is 0. The highest BCUT2D eigenvalue weighted by Gasteiger charge is 2.28. The average molecular weight is 416 g/mol. The number of benzene rings is 2. The van der Waals surface area contributed by atoms with Crippen LogP contribution in [0.15, 0.2) is 59.4 Å². The van der Waals surface area contributed by atoms with Gasteiger partial charge in [-0.3, -0.25) is 4.79 Å². The molecular formula is C21H19Cl2N3O2. The number of carbonyl (C=O) groups excluding carboxylic acids is 1. The molecular weight excluding hydrogens is 397 g/mol. The molecule has 0 saturated carbocycles. The molecule has 0 radical (unpaired) electrons. The molecule has 5 nitrogen and oxygen atoms in total. The number of carbonyl (C=O) groups is 1. The van der Waals surface area contributed by atoms with Gasteiger partial charge in [0.1, 0.15) is 5.70 Å². The zero-order chi connectivity index (χ0) is 19.7. The first kappa shape index (κ1) is 19.0. The van der Waals surface area contributed by atoms with Crippen LogP contribution < -0.4 is 4.90 Å². The van der Waals surface area contributed by atoms with Gasteiger partial charge in [-0.1, -0.05) is 41.4 Å². The van der Waals surface area contributed by atoms with Crippen LogP contribution in [-0.2, 0) is 9.53 Å². The second kappa shape index (κ2) is 7.95. The maximum Gasteiger partial charge on any atom is 0.278 e. The molecule has 0 N–H and O–H groups in total. The lowest BCUT2D eigenvalue weighted by atomic mass is 10.00. The van der Waals surface area contributed by atoms with E-state index in [1.165, 1.54) is 0 Å². The number of hydrogen-bond acceptors (Lipinski definition) is 4. The number of rotatable bonds is 2. The number of halogens is 2. The normalized spacial score (nSPS) is 18.8. The second-order valence-electron chi connectivity index (χ2n) is 6.63. The zero-order valence-corrected chi connectivity index (χ0v) is 16.9. The summed E-state index contributed by atoms with van der Waals surface area (Å²) in [6.45, 7) is 2.70. The van der Waals surface area contributed by atoms with Crippen LogP contribution in [0.3, 0.4) is 0 Å². The Balaban J connectivity index is 1.92. The van der Waals surface area contributed by atoms with Crippen molar-refractivity contribution in [2.24, 2.45) is 4.99 Å². The van der Waals surface area contributed by atoms with Gasteiger partial charge in [-0.2, -0.15) is 0 Å². The first-order chi connectivity index (χ1) is 13.5. The van der Waals surface area contributed by atoms with Crippen molar-refractivity contribution in [3.8, 4) is 0 Å². The molecule has 0 atom stereocenters. The van der Waals surface area contributed by atoms with E-state index in [0.29, 0.717) is 34.7 Å². The first-order valence-electron chi connectivity index (χ1n) is 9.00. The molecule has 1 saturated heterocycles. The highest BCUT2D eigenvalue weighted by Crippen LogP contribution is 2.33. The Morgan fingerprint density at radius 1 is 1.07 bits per heavy atom. The third-order valence-corrected chi connectivity index (χ3v) is 5.38. The van der Waals surface area contributed by atoms with Crippen molar-refractivity contribution in [3.63, 3.8) is 0 Å². The predicted octanol–water partition coefficient (Wildman–Crippen LogP) is 3.98. The fourth-order valence-corrected chi connectivity index (χ4v) is 3.72. The van der Waals surface area contributed by atoms with E-state index in [0.717, 1.165) is 29.9 Å². The Bertz CT molecular complexity index is 981. The second-order valence-corrected chi connectivity index (χ2v) is 7.47. The number of nitrogens with zero attached hydrogens (tertiary/aromatic N) is 3. The van der Waals surface area contributed by atoms with Gasteiger partial charge in [-0.25, -0.2) is 4.99 Å². The topological polar surface area (TPSA) is 45.1 Å². The molecule has 2 aromatic rings. The van der Waals surface area contributed by atoms with Crippen LogP contribution in [0.25, 0.3) is 0 Å². The lowest BCUT2D eigenvalue weighted by Gasteiger charge is -2.26. The lowest BCUT2D eigenvalue weighted by molar-refractivity contribution is -0.115. The quantitative estimate of drug-likeness (QED) is 0.696. The van der Waals surface area contributed by atoms with Crippen molar-refractivity contribution in [1.82, 2.24) is 4.90 Å². The summed E-state index contributed by atoms with van der Waals surface area (Å²) in [7, 11) is 1.74. The molecule has 0 aromatic heterocycles. The maximum absolute atomic E-state index is 13.2. The van der Waals surface area contributed by atoms with Crippen LogP contribution in [-0.4, -0.2) is 49.9 Å². The molecule has 4 rings (SSSR count). The molecule has 2 heterocycles. The standard InChI is InChI=1S/C21H19Cl2N3O2/c1-25-19-7-6-14(22)12-16(19)20(15-4-2-3-5-17(15)23)24-18(21(25)27)13-26-8-10-28-11-9-26/h2-7,12-13H,8-11H2,1H3. The maximum atomic E-state index is 13.2. The summed E-state index contributed by atoms with van der Waals surface area (Å²) in [5.41, 5.74) is 3.23. The summed E-state index contributed by atoms with van der Waals surface area (Å²) in [4.78, 5) is 21.6. The van der Waals surface area contributed by atoms with Gasteiger partial charge >= 0.3 is 0 Å². The van der Waals surface area contributed by atoms with E-state index in [-0.39, 0.29) is 5.91 Å². The van der Waals surface area contributed by atoms with Gasteiger partial charge < -0.3 is 14.5 Å². The van der Waals surface area contributed by atoms with E-state index in [9.17, 15) is 4.79 Å². The lowest BCUT2D eigenvalue weighted by Crippen LogP contribution is -2.34. The number of amides is 1. The molecule has 1 fully saturated rings. The number of likely N-dealkylation sites (N-methyl/N-ethyl adjacent to an activating group) is 1. The number of aliphatic imine (C=N–C) groups is 1. The molecule has 2 aromatic carbocycles. The summed E-state index contributed by atoms with van der Waals surface area (Å²) in [5.74, 6) is -0.183. The number of anilines is 1. The monoisotopic (exact) mass is 415 g/mol.